The van der Waals surface area contributed by atoms with Gasteiger partial charge in [-0.15, -0.1) is 0 Å². The molecule has 2 aromatic rings. The lowest BCUT2D eigenvalue weighted by Gasteiger charge is -2.35. The Morgan fingerprint density at radius 2 is 1.77 bits per heavy atom. The first-order valence-corrected chi connectivity index (χ1v) is 14.2. The van der Waals surface area contributed by atoms with Crippen LogP contribution in [0.2, 0.25) is 0 Å². The molecule has 1 aliphatic carbocycles. The molecule has 2 amide bonds. The number of hydrogen-bond acceptors (Lipinski definition) is 5. The first-order valence-electron chi connectivity index (χ1n) is 14.2. The maximum absolute atomic E-state index is 13.2. The standard InChI is InChI=1S/C32H42N2O5/c1-5-38-30(36)26-15-13-23(14-16-26)10-9-18-33-19-17-24(20-29(33)35)22-34(31(37)39-32(2,3)4)28-21-27(28)25-11-7-6-8-12-25/h6-8,11-16,24,27-28H,5,9-10,17-22H2,1-4H3. The van der Waals surface area contributed by atoms with E-state index in [0.717, 1.165) is 31.2 Å². The molecule has 3 atom stereocenters. The van der Waals surface area contributed by atoms with Gasteiger partial charge in [-0.3, -0.25) is 4.79 Å². The highest BCUT2D eigenvalue weighted by molar-refractivity contribution is 5.89. The normalized spacial score (nSPS) is 20.9. The Hall–Kier alpha value is -3.35. The number of carbonyl (C=O) groups excluding carboxylic acids is 3. The third-order valence-corrected chi connectivity index (χ3v) is 7.45. The summed E-state index contributed by atoms with van der Waals surface area (Å²) in [7, 11) is 0. The zero-order valence-corrected chi connectivity index (χ0v) is 23.7. The number of benzene rings is 2. The number of hydrogen-bond donors (Lipinski definition) is 0. The lowest BCUT2D eigenvalue weighted by atomic mass is 9.95. The van der Waals surface area contributed by atoms with E-state index < -0.39 is 5.60 Å². The Labute approximate surface area is 232 Å². The summed E-state index contributed by atoms with van der Waals surface area (Å²) in [5, 5.41) is 0. The van der Waals surface area contributed by atoms with E-state index in [2.05, 4.69) is 12.1 Å². The Bertz CT molecular complexity index is 1130. The molecule has 210 valence electrons. The first kappa shape index (κ1) is 28.7. The summed E-state index contributed by atoms with van der Waals surface area (Å²) in [6.07, 6.45) is 3.68. The van der Waals surface area contributed by atoms with Crippen LogP contribution in [-0.4, -0.2) is 65.7 Å². The van der Waals surface area contributed by atoms with Gasteiger partial charge in [0.2, 0.25) is 5.91 Å². The van der Waals surface area contributed by atoms with Gasteiger partial charge in [0, 0.05) is 38.0 Å². The molecular weight excluding hydrogens is 492 g/mol. The number of piperidine rings is 1. The van der Waals surface area contributed by atoms with Crippen LogP contribution in [0, 0.1) is 5.92 Å². The highest BCUT2D eigenvalue weighted by Crippen LogP contribution is 2.45. The van der Waals surface area contributed by atoms with Crippen LogP contribution in [-0.2, 0) is 20.7 Å². The summed E-state index contributed by atoms with van der Waals surface area (Å²) in [6.45, 7) is 9.79. The highest BCUT2D eigenvalue weighted by Gasteiger charge is 2.47. The maximum atomic E-state index is 13.2. The van der Waals surface area contributed by atoms with Crippen molar-refractivity contribution in [2.24, 2.45) is 5.92 Å². The van der Waals surface area contributed by atoms with Crippen molar-refractivity contribution in [1.29, 1.82) is 0 Å². The van der Waals surface area contributed by atoms with Crippen LogP contribution in [0.5, 0.6) is 0 Å². The van der Waals surface area contributed by atoms with Crippen molar-refractivity contribution in [3.05, 3.63) is 71.3 Å². The second-order valence-corrected chi connectivity index (χ2v) is 11.7. The minimum Gasteiger partial charge on any atom is -0.462 e. The summed E-state index contributed by atoms with van der Waals surface area (Å²) < 4.78 is 10.8. The number of amides is 2. The molecule has 1 aliphatic heterocycles. The van der Waals surface area contributed by atoms with Crippen molar-refractivity contribution < 1.29 is 23.9 Å². The van der Waals surface area contributed by atoms with Crippen molar-refractivity contribution in [3.8, 4) is 0 Å². The van der Waals surface area contributed by atoms with E-state index in [9.17, 15) is 14.4 Å². The van der Waals surface area contributed by atoms with Gasteiger partial charge in [-0.05, 0) is 82.6 Å². The Balaban J connectivity index is 1.28. The Kier molecular flexibility index (Phi) is 9.31. The van der Waals surface area contributed by atoms with Gasteiger partial charge in [0.15, 0.2) is 0 Å². The molecule has 2 aromatic carbocycles. The molecule has 0 aromatic heterocycles. The summed E-state index contributed by atoms with van der Waals surface area (Å²) in [4.78, 5) is 41.9. The number of likely N-dealkylation sites (tertiary alicyclic amines) is 1. The maximum Gasteiger partial charge on any atom is 0.410 e. The van der Waals surface area contributed by atoms with Crippen molar-refractivity contribution in [2.75, 3.05) is 26.2 Å². The smallest absolute Gasteiger partial charge is 0.410 e. The lowest BCUT2D eigenvalue weighted by molar-refractivity contribution is -0.135. The molecular formula is C32H42N2O5. The summed E-state index contributed by atoms with van der Waals surface area (Å²) in [6, 6.07) is 17.9. The third-order valence-electron chi connectivity index (χ3n) is 7.45. The average Bonchev–Trinajstić information content (AvgIpc) is 3.69. The topological polar surface area (TPSA) is 76.2 Å². The van der Waals surface area contributed by atoms with Gasteiger partial charge in [-0.25, -0.2) is 9.59 Å². The van der Waals surface area contributed by atoms with Gasteiger partial charge in [0.05, 0.1) is 12.2 Å². The van der Waals surface area contributed by atoms with Crippen LogP contribution in [0.1, 0.15) is 80.8 Å². The predicted molar refractivity (Wildman–Crippen MR) is 151 cm³/mol. The molecule has 2 aliphatic rings. The van der Waals surface area contributed by atoms with E-state index in [-0.39, 0.29) is 29.9 Å². The largest absolute Gasteiger partial charge is 0.462 e. The molecule has 1 saturated carbocycles. The predicted octanol–water partition coefficient (Wildman–Crippen LogP) is 5.83. The van der Waals surface area contributed by atoms with E-state index in [1.54, 1.807) is 19.1 Å². The summed E-state index contributed by atoms with van der Waals surface area (Å²) >= 11 is 0. The van der Waals surface area contributed by atoms with Gasteiger partial charge < -0.3 is 19.3 Å². The number of rotatable bonds is 10. The van der Waals surface area contributed by atoms with Crippen LogP contribution in [0.3, 0.4) is 0 Å². The van der Waals surface area contributed by atoms with E-state index in [0.29, 0.717) is 44.1 Å². The Morgan fingerprint density at radius 1 is 1.05 bits per heavy atom. The van der Waals surface area contributed by atoms with Gasteiger partial charge in [0.1, 0.15) is 5.60 Å². The summed E-state index contributed by atoms with van der Waals surface area (Å²) in [5.41, 5.74) is 2.37. The molecule has 39 heavy (non-hydrogen) atoms. The van der Waals surface area contributed by atoms with Crippen molar-refractivity contribution in [1.82, 2.24) is 9.80 Å². The highest BCUT2D eigenvalue weighted by atomic mass is 16.6. The van der Waals surface area contributed by atoms with Crippen molar-refractivity contribution >= 4 is 18.0 Å². The molecule has 0 radical (unpaired) electrons. The van der Waals surface area contributed by atoms with Gasteiger partial charge >= 0.3 is 12.1 Å². The van der Waals surface area contributed by atoms with Crippen LogP contribution >= 0.6 is 0 Å². The van der Waals surface area contributed by atoms with Crippen molar-refractivity contribution in [2.45, 2.75) is 77.4 Å². The number of carbonyl (C=O) groups is 3. The number of ether oxygens (including phenoxy) is 2. The van der Waals surface area contributed by atoms with E-state index in [1.807, 2.05) is 60.9 Å². The molecule has 4 rings (SSSR count). The number of esters is 1. The second kappa shape index (κ2) is 12.7. The molecule has 7 heteroatoms. The molecule has 0 N–H and O–H groups in total. The molecule has 0 bridgehead atoms. The minimum absolute atomic E-state index is 0.116. The zero-order valence-electron chi connectivity index (χ0n) is 23.7. The van der Waals surface area contributed by atoms with Gasteiger partial charge in [-0.2, -0.15) is 0 Å². The van der Waals surface area contributed by atoms with Crippen LogP contribution in [0.15, 0.2) is 54.6 Å². The first-order chi connectivity index (χ1) is 18.6. The quantitative estimate of drug-likeness (QED) is 0.359. The molecule has 7 nitrogen and oxygen atoms in total. The monoisotopic (exact) mass is 534 g/mol. The van der Waals surface area contributed by atoms with Crippen LogP contribution in [0.4, 0.5) is 4.79 Å². The second-order valence-electron chi connectivity index (χ2n) is 11.7. The van der Waals surface area contributed by atoms with Gasteiger partial charge in [-0.1, -0.05) is 42.5 Å². The molecule has 1 saturated heterocycles. The fourth-order valence-corrected chi connectivity index (χ4v) is 5.36. The summed E-state index contributed by atoms with van der Waals surface area (Å²) in [5.74, 6) is 0.304. The molecule has 3 unspecified atom stereocenters. The van der Waals surface area contributed by atoms with E-state index >= 15 is 0 Å². The number of nitrogens with zero attached hydrogens (tertiary/aromatic N) is 2. The minimum atomic E-state index is -0.565. The van der Waals surface area contributed by atoms with E-state index in [1.165, 1.54) is 5.56 Å². The van der Waals surface area contributed by atoms with Crippen molar-refractivity contribution in [3.63, 3.8) is 0 Å². The zero-order chi connectivity index (χ0) is 28.0. The Morgan fingerprint density at radius 3 is 2.41 bits per heavy atom. The number of aryl methyl sites for hydroxylation is 1. The average molecular weight is 535 g/mol. The van der Waals surface area contributed by atoms with Crippen LogP contribution < -0.4 is 0 Å². The molecule has 0 spiro atoms. The van der Waals surface area contributed by atoms with Gasteiger partial charge in [0.25, 0.3) is 0 Å². The molecule has 2 fully saturated rings. The van der Waals surface area contributed by atoms with Crippen LogP contribution in [0.25, 0.3) is 0 Å². The van der Waals surface area contributed by atoms with E-state index in [4.69, 9.17) is 9.47 Å². The lowest BCUT2D eigenvalue weighted by Crippen LogP contribution is -2.46. The third kappa shape index (κ3) is 8.07. The fourth-order valence-electron chi connectivity index (χ4n) is 5.36. The SMILES string of the molecule is CCOC(=O)c1ccc(CCCN2CCC(CN(C(=O)OC(C)(C)C)C3CC3c3ccccc3)CC2=O)cc1. The fraction of sp³-hybridized carbons (Fsp3) is 0.531. The molecule has 1 heterocycles.